The third-order valence-corrected chi connectivity index (χ3v) is 4.25. The van der Waals surface area contributed by atoms with Gasteiger partial charge in [-0.15, -0.1) is 24.8 Å². The normalized spacial score (nSPS) is 29.3. The predicted octanol–water partition coefficient (Wildman–Crippen LogP) is 2.36. The number of halogens is 2. The summed E-state index contributed by atoms with van der Waals surface area (Å²) in [4.78, 5) is 2.50. The molecule has 19 heavy (non-hydrogen) atoms. The fourth-order valence-corrected chi connectivity index (χ4v) is 3.44. The molecule has 2 saturated heterocycles. The highest BCUT2D eigenvalue weighted by molar-refractivity contribution is 5.85. The van der Waals surface area contributed by atoms with Crippen LogP contribution in [0.15, 0.2) is 24.3 Å². The van der Waals surface area contributed by atoms with Gasteiger partial charge in [-0.3, -0.25) is 4.90 Å². The van der Waals surface area contributed by atoms with Gasteiger partial charge in [-0.1, -0.05) is 12.1 Å². The average molecular weight is 305 g/mol. The number of hydrogen-bond donors (Lipinski definition) is 1. The Kier molecular flexibility index (Phi) is 5.93. The lowest BCUT2D eigenvalue weighted by atomic mass is 9.89. The van der Waals surface area contributed by atoms with Gasteiger partial charge in [-0.25, -0.2) is 0 Å². The summed E-state index contributed by atoms with van der Waals surface area (Å²) in [5.74, 6) is 2.54. The van der Waals surface area contributed by atoms with E-state index in [1.807, 2.05) is 0 Å². The van der Waals surface area contributed by atoms with Crippen molar-refractivity contribution in [2.24, 2.45) is 11.8 Å². The maximum Gasteiger partial charge on any atom is 0.118 e. The number of hydrogen-bond acceptors (Lipinski definition) is 3. The molecule has 1 N–H and O–H groups in total. The summed E-state index contributed by atoms with van der Waals surface area (Å²) in [5, 5.41) is 3.52. The van der Waals surface area contributed by atoms with Crippen LogP contribution in [0, 0.1) is 11.8 Å². The van der Waals surface area contributed by atoms with Gasteiger partial charge in [0.1, 0.15) is 5.75 Å². The SMILES string of the molecule is COc1ccc([C@@H]2[C@@H]3CNC[C@@H]3CN2C)cc1.Cl.Cl. The van der Waals surface area contributed by atoms with E-state index < -0.39 is 0 Å². The number of nitrogens with zero attached hydrogens (tertiary/aromatic N) is 1. The molecule has 0 saturated carbocycles. The zero-order valence-electron chi connectivity index (χ0n) is 11.3. The van der Waals surface area contributed by atoms with Gasteiger partial charge < -0.3 is 10.1 Å². The van der Waals surface area contributed by atoms with Crippen molar-refractivity contribution < 1.29 is 4.74 Å². The quantitative estimate of drug-likeness (QED) is 0.908. The number of likely N-dealkylation sites (tertiary alicyclic amines) is 1. The highest BCUT2D eigenvalue weighted by atomic mass is 35.5. The standard InChI is InChI=1S/C14H20N2O.2ClH/c1-16-9-11-7-15-8-13(11)14(16)10-3-5-12(17-2)6-4-10;;/h3-6,11,13-15H,7-9H2,1-2H3;2*1H/t11-,13-,14-;;/m1../s1. The van der Waals surface area contributed by atoms with Gasteiger partial charge in [0.05, 0.1) is 7.11 Å². The van der Waals surface area contributed by atoms with Gasteiger partial charge in [0.2, 0.25) is 0 Å². The highest BCUT2D eigenvalue weighted by Gasteiger charge is 2.42. The average Bonchev–Trinajstić information content (AvgIpc) is 2.89. The molecule has 0 amide bonds. The summed E-state index contributed by atoms with van der Waals surface area (Å²) in [6, 6.07) is 9.13. The minimum atomic E-state index is 0. The molecule has 0 radical (unpaired) electrons. The van der Waals surface area contributed by atoms with Crippen LogP contribution in [-0.4, -0.2) is 38.7 Å². The van der Waals surface area contributed by atoms with E-state index >= 15 is 0 Å². The summed E-state index contributed by atoms with van der Waals surface area (Å²) in [7, 11) is 3.96. The Balaban J connectivity index is 0.000000902. The topological polar surface area (TPSA) is 24.5 Å². The van der Waals surface area contributed by atoms with Gasteiger partial charge >= 0.3 is 0 Å². The van der Waals surface area contributed by atoms with Crippen LogP contribution in [0.4, 0.5) is 0 Å². The van der Waals surface area contributed by atoms with E-state index in [1.165, 1.54) is 18.7 Å². The zero-order chi connectivity index (χ0) is 11.8. The van der Waals surface area contributed by atoms with Gasteiger partial charge in [-0.2, -0.15) is 0 Å². The van der Waals surface area contributed by atoms with Crippen molar-refractivity contribution in [1.29, 1.82) is 0 Å². The molecular formula is C14H22Cl2N2O. The molecular weight excluding hydrogens is 283 g/mol. The number of rotatable bonds is 2. The summed E-state index contributed by atoms with van der Waals surface area (Å²) in [6.45, 7) is 3.56. The Hall–Kier alpha value is -0.480. The molecule has 1 aromatic carbocycles. The molecule has 2 fully saturated rings. The fourth-order valence-electron chi connectivity index (χ4n) is 3.44. The van der Waals surface area contributed by atoms with Crippen molar-refractivity contribution in [3.63, 3.8) is 0 Å². The number of ether oxygens (including phenoxy) is 1. The van der Waals surface area contributed by atoms with E-state index in [4.69, 9.17) is 4.74 Å². The fraction of sp³-hybridized carbons (Fsp3) is 0.571. The Morgan fingerprint density at radius 1 is 1.16 bits per heavy atom. The lowest BCUT2D eigenvalue weighted by molar-refractivity contribution is 0.276. The van der Waals surface area contributed by atoms with E-state index in [0.29, 0.717) is 6.04 Å². The molecule has 0 aromatic heterocycles. The van der Waals surface area contributed by atoms with Crippen LogP contribution in [0.3, 0.4) is 0 Å². The second kappa shape index (κ2) is 6.80. The van der Waals surface area contributed by atoms with Crippen LogP contribution in [0.5, 0.6) is 5.75 Å². The molecule has 2 aliphatic rings. The number of methoxy groups -OCH3 is 1. The molecule has 2 aliphatic heterocycles. The molecule has 5 heteroatoms. The smallest absolute Gasteiger partial charge is 0.118 e. The van der Waals surface area contributed by atoms with Gasteiger partial charge in [0.15, 0.2) is 0 Å². The van der Waals surface area contributed by atoms with Crippen LogP contribution >= 0.6 is 24.8 Å². The number of nitrogens with one attached hydrogen (secondary N) is 1. The Bertz CT molecular complexity index is 399. The number of fused-ring (bicyclic) bond motifs is 1. The largest absolute Gasteiger partial charge is 0.497 e. The van der Waals surface area contributed by atoms with Crippen molar-refractivity contribution >= 4 is 24.8 Å². The van der Waals surface area contributed by atoms with Crippen LogP contribution in [0.1, 0.15) is 11.6 Å². The lowest BCUT2D eigenvalue weighted by Crippen LogP contribution is -2.25. The second-order valence-corrected chi connectivity index (χ2v) is 5.24. The molecule has 2 heterocycles. The van der Waals surface area contributed by atoms with Gasteiger partial charge in [-0.05, 0) is 43.1 Å². The molecule has 1 aromatic rings. The first-order chi connectivity index (χ1) is 8.29. The second-order valence-electron chi connectivity index (χ2n) is 5.24. The minimum absolute atomic E-state index is 0. The Labute approximate surface area is 127 Å². The maximum absolute atomic E-state index is 5.22. The molecule has 0 spiro atoms. The van der Waals surface area contributed by atoms with Crippen molar-refractivity contribution in [2.75, 3.05) is 33.8 Å². The first kappa shape index (κ1) is 16.6. The molecule has 108 valence electrons. The predicted molar refractivity (Wildman–Crippen MR) is 82.7 cm³/mol. The van der Waals surface area contributed by atoms with Crippen LogP contribution in [-0.2, 0) is 0 Å². The third kappa shape index (κ3) is 3.00. The third-order valence-electron chi connectivity index (χ3n) is 4.25. The number of benzene rings is 1. The van der Waals surface area contributed by atoms with Crippen molar-refractivity contribution in [3.8, 4) is 5.75 Å². The first-order valence-electron chi connectivity index (χ1n) is 6.34. The lowest BCUT2D eigenvalue weighted by Gasteiger charge is -2.24. The van der Waals surface area contributed by atoms with E-state index in [0.717, 1.165) is 24.1 Å². The maximum atomic E-state index is 5.22. The van der Waals surface area contributed by atoms with Crippen LogP contribution < -0.4 is 10.1 Å². The zero-order valence-corrected chi connectivity index (χ0v) is 13.0. The van der Waals surface area contributed by atoms with E-state index in [9.17, 15) is 0 Å². The van der Waals surface area contributed by atoms with E-state index in [2.05, 4.69) is 41.5 Å². The highest BCUT2D eigenvalue weighted by Crippen LogP contribution is 2.41. The first-order valence-corrected chi connectivity index (χ1v) is 6.34. The monoisotopic (exact) mass is 304 g/mol. The Morgan fingerprint density at radius 3 is 2.47 bits per heavy atom. The summed E-state index contributed by atoms with van der Waals surface area (Å²) >= 11 is 0. The summed E-state index contributed by atoms with van der Waals surface area (Å²) in [5.41, 5.74) is 1.42. The van der Waals surface area contributed by atoms with Gasteiger partial charge in [0, 0.05) is 19.1 Å². The molecule has 3 atom stereocenters. The minimum Gasteiger partial charge on any atom is -0.497 e. The molecule has 0 unspecified atom stereocenters. The molecule has 0 aliphatic carbocycles. The van der Waals surface area contributed by atoms with E-state index in [1.54, 1.807) is 7.11 Å². The Morgan fingerprint density at radius 2 is 1.84 bits per heavy atom. The van der Waals surface area contributed by atoms with E-state index in [-0.39, 0.29) is 24.8 Å². The van der Waals surface area contributed by atoms with Crippen molar-refractivity contribution in [2.45, 2.75) is 6.04 Å². The summed E-state index contributed by atoms with van der Waals surface area (Å²) in [6.07, 6.45) is 0. The van der Waals surface area contributed by atoms with Crippen molar-refractivity contribution in [3.05, 3.63) is 29.8 Å². The van der Waals surface area contributed by atoms with Gasteiger partial charge in [0.25, 0.3) is 0 Å². The van der Waals surface area contributed by atoms with Crippen LogP contribution in [0.25, 0.3) is 0 Å². The molecule has 0 bridgehead atoms. The van der Waals surface area contributed by atoms with Crippen molar-refractivity contribution in [1.82, 2.24) is 10.2 Å². The molecule has 3 nitrogen and oxygen atoms in total. The molecule has 3 rings (SSSR count). The van der Waals surface area contributed by atoms with Crippen LogP contribution in [0.2, 0.25) is 0 Å². The summed E-state index contributed by atoms with van der Waals surface area (Å²) < 4.78 is 5.22.